The first-order chi connectivity index (χ1) is 8.15. The van der Waals surface area contributed by atoms with Gasteiger partial charge in [0.05, 0.1) is 6.10 Å². The van der Waals surface area contributed by atoms with Crippen LogP contribution < -0.4 is 5.32 Å². The molecule has 1 saturated carbocycles. The van der Waals surface area contributed by atoms with E-state index < -0.39 is 0 Å². The van der Waals surface area contributed by atoms with Crippen LogP contribution >= 0.6 is 0 Å². The number of nitrogens with one attached hydrogen (secondary N) is 1. The van der Waals surface area contributed by atoms with Crippen molar-refractivity contribution in [3.8, 4) is 0 Å². The zero-order valence-electron chi connectivity index (χ0n) is 11.8. The molecule has 1 rings (SSSR count). The SMILES string of the molecule is CCC(C)N(C)CCNC1CCCCCC1O. The molecule has 0 heterocycles. The van der Waals surface area contributed by atoms with E-state index in [0.29, 0.717) is 12.1 Å². The van der Waals surface area contributed by atoms with Gasteiger partial charge in [0, 0.05) is 25.2 Å². The predicted molar refractivity (Wildman–Crippen MR) is 73.3 cm³/mol. The molecule has 0 aromatic heterocycles. The Morgan fingerprint density at radius 2 is 2.00 bits per heavy atom. The number of hydrogen-bond donors (Lipinski definition) is 2. The summed E-state index contributed by atoms with van der Waals surface area (Å²) >= 11 is 0. The zero-order chi connectivity index (χ0) is 12.7. The van der Waals surface area contributed by atoms with Gasteiger partial charge < -0.3 is 15.3 Å². The monoisotopic (exact) mass is 242 g/mol. The van der Waals surface area contributed by atoms with E-state index >= 15 is 0 Å². The van der Waals surface area contributed by atoms with Gasteiger partial charge in [-0.2, -0.15) is 0 Å². The number of nitrogens with zero attached hydrogens (tertiary/aromatic N) is 1. The molecule has 3 nitrogen and oxygen atoms in total. The summed E-state index contributed by atoms with van der Waals surface area (Å²) in [7, 11) is 2.18. The first kappa shape index (κ1) is 14.9. The Labute approximate surface area is 107 Å². The molecule has 0 aromatic carbocycles. The second-order valence-corrected chi connectivity index (χ2v) is 5.50. The van der Waals surface area contributed by atoms with Crippen molar-refractivity contribution in [3.05, 3.63) is 0 Å². The molecule has 0 spiro atoms. The van der Waals surface area contributed by atoms with Gasteiger partial charge in [0.25, 0.3) is 0 Å². The standard InChI is InChI=1S/C14H30N2O/c1-4-12(2)16(3)11-10-15-13-8-6-5-7-9-14(13)17/h12-15,17H,4-11H2,1-3H3. The summed E-state index contributed by atoms with van der Waals surface area (Å²) in [6, 6.07) is 0.971. The van der Waals surface area contributed by atoms with Crippen LogP contribution in [-0.4, -0.2) is 48.3 Å². The largest absolute Gasteiger partial charge is 0.392 e. The van der Waals surface area contributed by atoms with Gasteiger partial charge in [0.2, 0.25) is 0 Å². The minimum absolute atomic E-state index is 0.133. The van der Waals surface area contributed by atoms with Gasteiger partial charge in [0.1, 0.15) is 0 Å². The highest BCUT2D eigenvalue weighted by atomic mass is 16.3. The van der Waals surface area contributed by atoms with Gasteiger partial charge in [-0.15, -0.1) is 0 Å². The van der Waals surface area contributed by atoms with Gasteiger partial charge >= 0.3 is 0 Å². The smallest absolute Gasteiger partial charge is 0.0693 e. The summed E-state index contributed by atoms with van der Waals surface area (Å²) in [6.45, 7) is 6.55. The van der Waals surface area contributed by atoms with Crippen LogP contribution in [0, 0.1) is 0 Å². The molecule has 3 atom stereocenters. The molecule has 0 bridgehead atoms. The zero-order valence-corrected chi connectivity index (χ0v) is 11.8. The van der Waals surface area contributed by atoms with Crippen LogP contribution in [0.1, 0.15) is 52.4 Å². The van der Waals surface area contributed by atoms with Crippen LogP contribution in [0.2, 0.25) is 0 Å². The highest BCUT2D eigenvalue weighted by molar-refractivity contribution is 4.79. The molecule has 3 heteroatoms. The molecule has 2 N–H and O–H groups in total. The molecule has 0 amide bonds. The lowest BCUT2D eigenvalue weighted by Gasteiger charge is -2.26. The highest BCUT2D eigenvalue weighted by Gasteiger charge is 2.20. The van der Waals surface area contributed by atoms with Crippen LogP contribution in [-0.2, 0) is 0 Å². The van der Waals surface area contributed by atoms with E-state index in [-0.39, 0.29) is 6.10 Å². The lowest BCUT2D eigenvalue weighted by molar-refractivity contribution is 0.117. The molecule has 0 aromatic rings. The maximum atomic E-state index is 9.99. The summed E-state index contributed by atoms with van der Waals surface area (Å²) < 4.78 is 0. The summed E-state index contributed by atoms with van der Waals surface area (Å²) in [4.78, 5) is 2.39. The summed E-state index contributed by atoms with van der Waals surface area (Å²) in [6.07, 6.45) is 6.89. The summed E-state index contributed by atoms with van der Waals surface area (Å²) in [5, 5.41) is 13.5. The lowest BCUT2D eigenvalue weighted by Crippen LogP contribution is -2.43. The Bertz CT molecular complexity index is 199. The fourth-order valence-electron chi connectivity index (χ4n) is 2.48. The molecule has 1 aliphatic rings. The van der Waals surface area contributed by atoms with E-state index in [9.17, 15) is 5.11 Å². The van der Waals surface area contributed by atoms with E-state index in [0.717, 1.165) is 25.9 Å². The Kier molecular flexibility index (Phi) is 7.09. The Balaban J connectivity index is 2.20. The first-order valence-electron chi connectivity index (χ1n) is 7.26. The number of hydrogen-bond acceptors (Lipinski definition) is 3. The molecule has 1 aliphatic carbocycles. The van der Waals surface area contributed by atoms with Crippen molar-refractivity contribution < 1.29 is 5.11 Å². The van der Waals surface area contributed by atoms with E-state index in [1.165, 1.54) is 25.7 Å². The summed E-state index contributed by atoms with van der Waals surface area (Å²) in [5.74, 6) is 0. The van der Waals surface area contributed by atoms with E-state index in [4.69, 9.17) is 0 Å². The minimum atomic E-state index is -0.133. The number of aliphatic hydroxyl groups is 1. The van der Waals surface area contributed by atoms with E-state index in [2.05, 4.69) is 31.1 Å². The molecular formula is C14H30N2O. The second-order valence-electron chi connectivity index (χ2n) is 5.50. The molecule has 3 unspecified atom stereocenters. The van der Waals surface area contributed by atoms with E-state index in [1.807, 2.05) is 0 Å². The third kappa shape index (κ3) is 5.36. The van der Waals surface area contributed by atoms with Crippen molar-refractivity contribution in [2.45, 2.75) is 70.6 Å². The molecule has 0 aliphatic heterocycles. The van der Waals surface area contributed by atoms with Gasteiger partial charge in [0.15, 0.2) is 0 Å². The van der Waals surface area contributed by atoms with Gasteiger partial charge in [-0.25, -0.2) is 0 Å². The van der Waals surface area contributed by atoms with Crippen molar-refractivity contribution in [3.63, 3.8) is 0 Å². The number of aliphatic hydroxyl groups excluding tert-OH is 1. The average molecular weight is 242 g/mol. The lowest BCUT2D eigenvalue weighted by atomic mass is 10.1. The van der Waals surface area contributed by atoms with Crippen molar-refractivity contribution in [1.29, 1.82) is 0 Å². The minimum Gasteiger partial charge on any atom is -0.392 e. The third-order valence-corrected chi connectivity index (χ3v) is 4.19. The van der Waals surface area contributed by atoms with Crippen LogP contribution in [0.3, 0.4) is 0 Å². The summed E-state index contributed by atoms with van der Waals surface area (Å²) in [5.41, 5.74) is 0. The fourth-order valence-corrected chi connectivity index (χ4v) is 2.48. The molecule has 0 saturated heterocycles. The molecule has 1 fully saturated rings. The highest BCUT2D eigenvalue weighted by Crippen LogP contribution is 2.17. The average Bonchev–Trinajstić information content (AvgIpc) is 2.53. The topological polar surface area (TPSA) is 35.5 Å². The van der Waals surface area contributed by atoms with E-state index in [1.54, 1.807) is 0 Å². The Morgan fingerprint density at radius 3 is 2.71 bits per heavy atom. The van der Waals surface area contributed by atoms with Crippen LogP contribution in [0.25, 0.3) is 0 Å². The second kappa shape index (κ2) is 8.06. The Morgan fingerprint density at radius 1 is 1.29 bits per heavy atom. The molecule has 0 radical (unpaired) electrons. The van der Waals surface area contributed by atoms with Gasteiger partial charge in [-0.1, -0.05) is 26.2 Å². The number of rotatable bonds is 6. The van der Waals surface area contributed by atoms with Gasteiger partial charge in [-0.05, 0) is 33.2 Å². The van der Waals surface area contributed by atoms with Crippen molar-refractivity contribution in [2.75, 3.05) is 20.1 Å². The third-order valence-electron chi connectivity index (χ3n) is 4.19. The molecular weight excluding hydrogens is 212 g/mol. The maximum absolute atomic E-state index is 9.99. The fraction of sp³-hybridized carbons (Fsp3) is 1.00. The van der Waals surface area contributed by atoms with Crippen molar-refractivity contribution in [2.24, 2.45) is 0 Å². The van der Waals surface area contributed by atoms with Crippen molar-refractivity contribution in [1.82, 2.24) is 10.2 Å². The van der Waals surface area contributed by atoms with Gasteiger partial charge in [-0.3, -0.25) is 0 Å². The predicted octanol–water partition coefficient (Wildman–Crippen LogP) is 2.00. The van der Waals surface area contributed by atoms with Crippen LogP contribution in [0.4, 0.5) is 0 Å². The molecule has 102 valence electrons. The normalized spacial score (nSPS) is 28.1. The first-order valence-corrected chi connectivity index (χ1v) is 7.26. The molecule has 17 heavy (non-hydrogen) atoms. The quantitative estimate of drug-likeness (QED) is 0.699. The van der Waals surface area contributed by atoms with Crippen LogP contribution in [0.15, 0.2) is 0 Å². The number of likely N-dealkylation sites (N-methyl/N-ethyl adjacent to an activating group) is 1. The van der Waals surface area contributed by atoms with Crippen LogP contribution in [0.5, 0.6) is 0 Å². The van der Waals surface area contributed by atoms with Crippen molar-refractivity contribution >= 4 is 0 Å². The Hall–Kier alpha value is -0.120. The maximum Gasteiger partial charge on any atom is 0.0693 e.